The van der Waals surface area contributed by atoms with Gasteiger partial charge in [-0.1, -0.05) is 63.5 Å². The van der Waals surface area contributed by atoms with E-state index < -0.39 is 12.2 Å². The van der Waals surface area contributed by atoms with Gasteiger partial charge in [0.15, 0.2) is 0 Å². The Balaban J connectivity index is 3.77. The molecule has 2 N–H and O–H groups in total. The van der Waals surface area contributed by atoms with Crippen molar-refractivity contribution in [3.05, 3.63) is 24.8 Å². The summed E-state index contributed by atoms with van der Waals surface area (Å²) >= 11 is 0. The molecule has 2 heteroatoms. The second-order valence-corrected chi connectivity index (χ2v) is 4.35. The monoisotopic (exact) mass is 260 g/mol. The van der Waals surface area contributed by atoms with Gasteiger partial charge in [0.1, 0.15) is 6.10 Å². The van der Waals surface area contributed by atoms with E-state index in [4.69, 9.17) is 5.11 Å². The van der Waals surface area contributed by atoms with E-state index in [0.29, 0.717) is 0 Å². The van der Waals surface area contributed by atoms with Gasteiger partial charge in [-0.3, -0.25) is 0 Å². The largest absolute Gasteiger partial charge is 0.389 e. The quantitative estimate of drug-likeness (QED) is 0.400. The van der Waals surface area contributed by atoms with E-state index in [1.165, 1.54) is 31.8 Å². The zero-order chi connectivity index (χ0) is 14.3. The van der Waals surface area contributed by atoms with Crippen molar-refractivity contribution >= 4 is 0 Å². The molecule has 0 aromatic carbocycles. The van der Waals surface area contributed by atoms with E-state index in [0.717, 1.165) is 12.8 Å². The Morgan fingerprint density at radius 1 is 1.11 bits per heavy atom. The summed E-state index contributed by atoms with van der Waals surface area (Å²) in [5.74, 6) is 10.3. The topological polar surface area (TPSA) is 40.5 Å². The van der Waals surface area contributed by atoms with Crippen molar-refractivity contribution in [1.29, 1.82) is 0 Å². The van der Waals surface area contributed by atoms with E-state index in [9.17, 15) is 5.11 Å². The number of aliphatic hydroxyl groups is 2. The van der Waals surface area contributed by atoms with Gasteiger partial charge in [-0.2, -0.15) is 0 Å². The standard InChI is InChI=1S/C17H24O2/c1-3-5-6-7-11-14-17(19)15-12-9-8-10-13-16(18)4-2/h4,12,15-19H,2-3,5-7,11,14H2,1H3/b15-12+. The summed E-state index contributed by atoms with van der Waals surface area (Å²) in [5.41, 5.74) is 0. The smallest absolute Gasteiger partial charge is 0.134 e. The fraction of sp³-hybridized carbons (Fsp3) is 0.529. The summed E-state index contributed by atoms with van der Waals surface area (Å²) in [7, 11) is 0. The normalized spacial score (nSPS) is 13.0. The highest BCUT2D eigenvalue weighted by Crippen LogP contribution is 2.07. The molecule has 0 amide bonds. The molecule has 0 aliphatic carbocycles. The number of unbranched alkanes of at least 4 members (excludes halogenated alkanes) is 4. The maximum absolute atomic E-state index is 9.64. The minimum absolute atomic E-state index is 0.428. The van der Waals surface area contributed by atoms with Crippen molar-refractivity contribution < 1.29 is 10.2 Å². The maximum Gasteiger partial charge on any atom is 0.134 e. The first kappa shape index (κ1) is 17.5. The fourth-order valence-electron chi connectivity index (χ4n) is 1.46. The van der Waals surface area contributed by atoms with Gasteiger partial charge in [-0.15, -0.1) is 0 Å². The molecule has 0 rings (SSSR count). The molecule has 0 fully saturated rings. The van der Waals surface area contributed by atoms with Crippen LogP contribution in [0.3, 0.4) is 0 Å². The summed E-state index contributed by atoms with van der Waals surface area (Å²) in [6, 6.07) is 0. The predicted molar refractivity (Wildman–Crippen MR) is 80.3 cm³/mol. The van der Waals surface area contributed by atoms with Crippen LogP contribution < -0.4 is 0 Å². The third-order valence-corrected chi connectivity index (χ3v) is 2.58. The number of aliphatic hydroxyl groups excluding tert-OH is 2. The molecule has 0 aromatic rings. The third-order valence-electron chi connectivity index (χ3n) is 2.58. The lowest BCUT2D eigenvalue weighted by Crippen LogP contribution is -2.01. The van der Waals surface area contributed by atoms with Crippen LogP contribution in [-0.2, 0) is 0 Å². The molecule has 0 bridgehead atoms. The van der Waals surface area contributed by atoms with E-state index in [2.05, 4.69) is 37.2 Å². The van der Waals surface area contributed by atoms with Gasteiger partial charge in [-0.25, -0.2) is 0 Å². The molecule has 0 saturated heterocycles. The first-order chi connectivity index (χ1) is 9.20. The number of allylic oxidation sites excluding steroid dienone is 1. The minimum atomic E-state index is -0.827. The molecule has 2 unspecified atom stereocenters. The highest BCUT2D eigenvalue weighted by molar-refractivity contribution is 5.32. The van der Waals surface area contributed by atoms with E-state index in [1.807, 2.05) is 0 Å². The van der Waals surface area contributed by atoms with Crippen molar-refractivity contribution in [3.63, 3.8) is 0 Å². The van der Waals surface area contributed by atoms with Crippen LogP contribution >= 0.6 is 0 Å². The van der Waals surface area contributed by atoms with Crippen LogP contribution in [0.2, 0.25) is 0 Å². The minimum Gasteiger partial charge on any atom is -0.389 e. The second-order valence-electron chi connectivity index (χ2n) is 4.35. The Hall–Kier alpha value is -1.48. The summed E-state index contributed by atoms with van der Waals surface area (Å²) in [5, 5.41) is 18.7. The first-order valence-corrected chi connectivity index (χ1v) is 6.87. The van der Waals surface area contributed by atoms with Gasteiger partial charge in [0.05, 0.1) is 6.10 Å². The zero-order valence-electron chi connectivity index (χ0n) is 11.7. The molecule has 0 aromatic heterocycles. The van der Waals surface area contributed by atoms with Gasteiger partial charge < -0.3 is 10.2 Å². The van der Waals surface area contributed by atoms with Crippen LogP contribution in [0.1, 0.15) is 45.4 Å². The Labute approximate surface area is 117 Å². The van der Waals surface area contributed by atoms with Gasteiger partial charge >= 0.3 is 0 Å². The Bertz CT molecular complexity index is 374. The van der Waals surface area contributed by atoms with E-state index in [-0.39, 0.29) is 0 Å². The summed E-state index contributed by atoms with van der Waals surface area (Å²) in [6.07, 6.45) is 10.1. The van der Waals surface area contributed by atoms with Crippen molar-refractivity contribution in [1.82, 2.24) is 0 Å². The van der Waals surface area contributed by atoms with Crippen LogP contribution in [0.4, 0.5) is 0 Å². The fourth-order valence-corrected chi connectivity index (χ4v) is 1.46. The molecule has 0 spiro atoms. The highest BCUT2D eigenvalue weighted by atomic mass is 16.3. The molecular weight excluding hydrogens is 236 g/mol. The van der Waals surface area contributed by atoms with E-state index in [1.54, 1.807) is 12.2 Å². The number of rotatable bonds is 8. The molecule has 0 aliphatic heterocycles. The van der Waals surface area contributed by atoms with Gasteiger partial charge in [0.25, 0.3) is 0 Å². The lowest BCUT2D eigenvalue weighted by atomic mass is 10.1. The summed E-state index contributed by atoms with van der Waals surface area (Å²) in [6.45, 7) is 5.59. The molecule has 2 nitrogen and oxygen atoms in total. The molecular formula is C17H24O2. The lowest BCUT2D eigenvalue weighted by molar-refractivity contribution is 0.208. The average molecular weight is 260 g/mol. The molecule has 0 radical (unpaired) electrons. The third kappa shape index (κ3) is 12.8. The molecule has 0 heterocycles. The SMILES string of the molecule is C=CC(O)C#CC#C/C=C/C(O)CCCCCCC. The zero-order valence-corrected chi connectivity index (χ0v) is 11.7. The van der Waals surface area contributed by atoms with Crippen molar-refractivity contribution in [2.45, 2.75) is 57.7 Å². The van der Waals surface area contributed by atoms with Crippen molar-refractivity contribution in [2.75, 3.05) is 0 Å². The van der Waals surface area contributed by atoms with Gasteiger partial charge in [-0.05, 0) is 30.4 Å². The second kappa shape index (κ2) is 13.0. The molecule has 104 valence electrons. The van der Waals surface area contributed by atoms with Crippen LogP contribution in [-0.4, -0.2) is 22.4 Å². The predicted octanol–water partition coefficient (Wildman–Crippen LogP) is 2.82. The van der Waals surface area contributed by atoms with Crippen molar-refractivity contribution in [2.24, 2.45) is 0 Å². The number of hydrogen-bond acceptors (Lipinski definition) is 2. The highest BCUT2D eigenvalue weighted by Gasteiger charge is 1.97. The van der Waals surface area contributed by atoms with Crippen LogP contribution in [0, 0.1) is 23.7 Å². The molecule has 19 heavy (non-hydrogen) atoms. The Morgan fingerprint density at radius 3 is 2.53 bits per heavy atom. The summed E-state index contributed by atoms with van der Waals surface area (Å²) < 4.78 is 0. The van der Waals surface area contributed by atoms with E-state index >= 15 is 0 Å². The average Bonchev–Trinajstić information content (AvgIpc) is 2.42. The molecule has 2 atom stereocenters. The molecule has 0 saturated carbocycles. The van der Waals surface area contributed by atoms with Crippen LogP contribution in [0.5, 0.6) is 0 Å². The lowest BCUT2D eigenvalue weighted by Gasteiger charge is -2.03. The van der Waals surface area contributed by atoms with Crippen LogP contribution in [0.25, 0.3) is 0 Å². The van der Waals surface area contributed by atoms with Crippen molar-refractivity contribution in [3.8, 4) is 23.7 Å². The molecule has 0 aliphatic rings. The Morgan fingerprint density at radius 2 is 1.84 bits per heavy atom. The van der Waals surface area contributed by atoms with Gasteiger partial charge in [0, 0.05) is 0 Å². The van der Waals surface area contributed by atoms with Gasteiger partial charge in [0.2, 0.25) is 0 Å². The maximum atomic E-state index is 9.64. The van der Waals surface area contributed by atoms with Crippen LogP contribution in [0.15, 0.2) is 24.8 Å². The Kier molecular flexibility index (Phi) is 12.0. The first-order valence-electron chi connectivity index (χ1n) is 6.87. The summed E-state index contributed by atoms with van der Waals surface area (Å²) in [4.78, 5) is 0. The number of hydrogen-bond donors (Lipinski definition) is 2.